The molecule has 6 aromatic rings. The van der Waals surface area contributed by atoms with Gasteiger partial charge in [0.15, 0.2) is 10.6 Å². The van der Waals surface area contributed by atoms with Gasteiger partial charge in [0.25, 0.3) is 5.91 Å². The smallest absolute Gasteiger partial charge is 0.253 e. The maximum absolute atomic E-state index is 12.6. The number of benzene rings is 4. The van der Waals surface area contributed by atoms with Gasteiger partial charge in [0.1, 0.15) is 0 Å². The Hall–Kier alpha value is -4.38. The van der Waals surface area contributed by atoms with Crippen molar-refractivity contribution in [2.45, 2.75) is 42.9 Å². The zero-order chi connectivity index (χ0) is 32.9. The topological polar surface area (TPSA) is 93.6 Å². The number of amides is 1. The Morgan fingerprint density at radius 2 is 1.69 bits per heavy atom. The second-order valence-electron chi connectivity index (χ2n) is 11.8. The molecule has 0 radical (unpaired) electrons. The fourth-order valence-corrected chi connectivity index (χ4v) is 8.14. The first-order chi connectivity index (χ1) is 23.5. The number of pyridine rings is 1. The number of hydrogen-bond acceptors (Lipinski definition) is 8. The van der Waals surface area contributed by atoms with Crippen LogP contribution in [-0.2, 0) is 22.6 Å². The number of fused-ring (bicyclic) bond motifs is 1. The molecule has 0 saturated carbocycles. The predicted octanol–water partition coefficient (Wildman–Crippen LogP) is 8.36. The minimum absolute atomic E-state index is 0.000601. The van der Waals surface area contributed by atoms with Gasteiger partial charge in [-0.2, -0.15) is 0 Å². The van der Waals surface area contributed by atoms with E-state index in [0.29, 0.717) is 12.1 Å². The van der Waals surface area contributed by atoms with Crippen molar-refractivity contribution in [3.05, 3.63) is 149 Å². The molecule has 0 bridgehead atoms. The fraction of sp³-hybridized carbons (Fsp3) is 0.205. The van der Waals surface area contributed by atoms with Crippen LogP contribution in [0.2, 0.25) is 0 Å². The minimum atomic E-state index is -0.577. The highest BCUT2D eigenvalue weighted by atomic mass is 32.2. The van der Waals surface area contributed by atoms with Crippen molar-refractivity contribution in [2.75, 3.05) is 5.75 Å². The van der Waals surface area contributed by atoms with Crippen LogP contribution in [0.4, 0.5) is 0 Å². The number of thioether (sulfide) groups is 1. The first kappa shape index (κ1) is 32.2. The standard InChI is InChI=1S/C39H35N3O4S2/c1-25-34(24-47-39-42-33-12-2-3-13-35(33)48-39)45-38(46-36(25)28-16-14-26(23-43)15-17-28)31-10-5-9-30(20-31)29-8-4-7-27(19-29)21-41-37(44)32-11-6-18-40-22-32/h2-20,22,25,34,36,38,43H,21,23-24H2,1H3,(H,41,44)/t25-,34+,36+,38+/m1/s1. The predicted molar refractivity (Wildman–Crippen MR) is 191 cm³/mol. The second-order valence-corrected chi connectivity index (χ2v) is 14.1. The normalized spacial score (nSPS) is 19.3. The Labute approximate surface area is 288 Å². The number of carbonyl (C=O) groups excluding carboxylic acids is 1. The molecule has 1 fully saturated rings. The van der Waals surface area contributed by atoms with Crippen LogP contribution < -0.4 is 5.32 Å². The molecule has 2 N–H and O–H groups in total. The first-order valence-corrected chi connectivity index (χ1v) is 17.7. The van der Waals surface area contributed by atoms with E-state index in [4.69, 9.17) is 14.5 Å². The van der Waals surface area contributed by atoms with E-state index in [0.717, 1.165) is 49.0 Å². The van der Waals surface area contributed by atoms with E-state index in [1.54, 1.807) is 47.6 Å². The molecule has 0 spiro atoms. The molecule has 48 heavy (non-hydrogen) atoms. The molecule has 7 nitrogen and oxygen atoms in total. The summed E-state index contributed by atoms with van der Waals surface area (Å²) in [6.45, 7) is 2.58. The van der Waals surface area contributed by atoms with Crippen molar-refractivity contribution >= 4 is 39.2 Å². The van der Waals surface area contributed by atoms with E-state index < -0.39 is 6.29 Å². The van der Waals surface area contributed by atoms with Crippen LogP contribution in [0.15, 0.2) is 126 Å². The van der Waals surface area contributed by atoms with Crippen molar-refractivity contribution in [2.24, 2.45) is 5.92 Å². The lowest BCUT2D eigenvalue weighted by Crippen LogP contribution is -2.38. The van der Waals surface area contributed by atoms with E-state index in [9.17, 15) is 9.90 Å². The van der Waals surface area contributed by atoms with Crippen LogP contribution in [-0.4, -0.2) is 32.8 Å². The van der Waals surface area contributed by atoms with Crippen molar-refractivity contribution < 1.29 is 19.4 Å². The van der Waals surface area contributed by atoms with Crippen LogP contribution in [0.5, 0.6) is 0 Å². The molecule has 9 heteroatoms. The number of aliphatic hydroxyl groups excluding tert-OH is 1. The summed E-state index contributed by atoms with van der Waals surface area (Å²) >= 11 is 3.43. The van der Waals surface area contributed by atoms with Crippen LogP contribution in [0, 0.1) is 5.92 Å². The summed E-state index contributed by atoms with van der Waals surface area (Å²) in [5, 5.41) is 12.6. The van der Waals surface area contributed by atoms with Gasteiger partial charge in [0.05, 0.1) is 34.6 Å². The Balaban J connectivity index is 1.11. The van der Waals surface area contributed by atoms with Crippen molar-refractivity contribution in [1.29, 1.82) is 0 Å². The van der Waals surface area contributed by atoms with Gasteiger partial charge >= 0.3 is 0 Å². The SMILES string of the molecule is C[C@@H]1[C@H](CSc2nc3ccccc3s2)O[C@H](c2cccc(-c3cccc(CNC(=O)c4cccnc4)c3)c2)O[C@@H]1c1ccc(CO)cc1. The lowest BCUT2D eigenvalue weighted by atomic mass is 9.91. The van der Waals surface area contributed by atoms with Gasteiger partial charge in [-0.3, -0.25) is 9.78 Å². The Bertz CT molecular complexity index is 1970. The lowest BCUT2D eigenvalue weighted by Gasteiger charge is -2.41. The van der Waals surface area contributed by atoms with Gasteiger partial charge in [-0.25, -0.2) is 4.98 Å². The van der Waals surface area contributed by atoms with Gasteiger partial charge in [-0.15, -0.1) is 11.3 Å². The highest BCUT2D eigenvalue weighted by Gasteiger charge is 2.38. The Morgan fingerprint density at radius 3 is 2.48 bits per heavy atom. The Kier molecular flexibility index (Phi) is 9.92. The van der Waals surface area contributed by atoms with Crippen LogP contribution >= 0.6 is 23.1 Å². The summed E-state index contributed by atoms with van der Waals surface area (Å²) < 4.78 is 15.7. The molecule has 3 heterocycles. The lowest BCUT2D eigenvalue weighted by molar-refractivity contribution is -0.268. The minimum Gasteiger partial charge on any atom is -0.392 e. The number of carbonyl (C=O) groups is 1. The molecular formula is C39H35N3O4S2. The highest BCUT2D eigenvalue weighted by Crippen LogP contribution is 2.44. The van der Waals surface area contributed by atoms with Gasteiger partial charge in [-0.1, -0.05) is 91.5 Å². The average Bonchev–Trinajstić information content (AvgIpc) is 3.57. The number of para-hydroxylation sites is 1. The van der Waals surface area contributed by atoms with Gasteiger partial charge in [0.2, 0.25) is 0 Å². The van der Waals surface area contributed by atoms with Crippen LogP contribution in [0.25, 0.3) is 21.3 Å². The number of aromatic nitrogens is 2. The number of nitrogens with one attached hydrogen (secondary N) is 1. The fourth-order valence-electron chi connectivity index (χ4n) is 5.88. The highest BCUT2D eigenvalue weighted by molar-refractivity contribution is 8.01. The molecule has 1 saturated heterocycles. The van der Waals surface area contributed by atoms with Gasteiger partial charge in [0, 0.05) is 36.2 Å². The largest absolute Gasteiger partial charge is 0.392 e. The summed E-state index contributed by atoms with van der Waals surface area (Å²) in [7, 11) is 0. The maximum Gasteiger partial charge on any atom is 0.253 e. The van der Waals surface area contributed by atoms with Crippen LogP contribution in [0.3, 0.4) is 0 Å². The molecule has 4 aromatic carbocycles. The van der Waals surface area contributed by atoms with E-state index in [2.05, 4.69) is 47.6 Å². The average molecular weight is 674 g/mol. The van der Waals surface area contributed by atoms with Gasteiger partial charge in [-0.05, 0) is 64.2 Å². The molecule has 0 unspecified atom stereocenters. The van der Waals surface area contributed by atoms with E-state index in [1.807, 2.05) is 66.7 Å². The third-order valence-corrected chi connectivity index (χ3v) is 10.8. The second kappa shape index (κ2) is 14.8. The summed E-state index contributed by atoms with van der Waals surface area (Å²) in [4.78, 5) is 21.4. The molecule has 242 valence electrons. The van der Waals surface area contributed by atoms with Crippen molar-refractivity contribution in [3.8, 4) is 11.1 Å². The van der Waals surface area contributed by atoms with Gasteiger partial charge < -0.3 is 19.9 Å². The summed E-state index contributed by atoms with van der Waals surface area (Å²) in [5.41, 5.74) is 7.46. The van der Waals surface area contributed by atoms with E-state index in [1.165, 1.54) is 4.70 Å². The van der Waals surface area contributed by atoms with Crippen molar-refractivity contribution in [3.63, 3.8) is 0 Å². The molecule has 4 atom stereocenters. The first-order valence-electron chi connectivity index (χ1n) is 15.9. The number of rotatable bonds is 10. The van der Waals surface area contributed by atoms with E-state index >= 15 is 0 Å². The summed E-state index contributed by atoms with van der Waals surface area (Å²) in [5.74, 6) is 0.649. The third kappa shape index (κ3) is 7.36. The molecule has 1 aliphatic heterocycles. The molecular weight excluding hydrogens is 639 g/mol. The quantitative estimate of drug-likeness (QED) is 0.141. The third-order valence-electron chi connectivity index (χ3n) is 8.56. The zero-order valence-corrected chi connectivity index (χ0v) is 28.0. The molecule has 2 aromatic heterocycles. The number of ether oxygens (including phenoxy) is 2. The zero-order valence-electron chi connectivity index (χ0n) is 26.4. The van der Waals surface area contributed by atoms with E-state index in [-0.39, 0.29) is 30.6 Å². The monoisotopic (exact) mass is 673 g/mol. The molecule has 1 aliphatic rings. The van der Waals surface area contributed by atoms with Crippen LogP contribution in [0.1, 0.15) is 51.9 Å². The Morgan fingerprint density at radius 1 is 0.875 bits per heavy atom. The molecule has 7 rings (SSSR count). The molecule has 1 amide bonds. The maximum atomic E-state index is 12.6. The number of thiazole rings is 1. The summed E-state index contributed by atoms with van der Waals surface area (Å²) in [6, 6.07) is 36.2. The number of hydrogen-bond donors (Lipinski definition) is 2. The molecule has 0 aliphatic carbocycles. The number of aliphatic hydroxyl groups is 1. The summed E-state index contributed by atoms with van der Waals surface area (Å²) in [6.07, 6.45) is 2.33. The van der Waals surface area contributed by atoms with Crippen molar-refractivity contribution in [1.82, 2.24) is 15.3 Å². The number of nitrogens with zero attached hydrogens (tertiary/aromatic N) is 2.